The molecule has 1 unspecified atom stereocenters. The van der Waals surface area contributed by atoms with E-state index in [2.05, 4.69) is 20.9 Å². The van der Waals surface area contributed by atoms with Gasteiger partial charge in [0.2, 0.25) is 5.95 Å². The van der Waals surface area contributed by atoms with E-state index in [9.17, 15) is 9.18 Å². The first kappa shape index (κ1) is 9.32. The minimum absolute atomic E-state index is 0.319. The number of hydrogen-bond donors (Lipinski definition) is 0. The number of carbonyl (C=O) groups is 1. The molecule has 12 heavy (non-hydrogen) atoms. The van der Waals surface area contributed by atoms with E-state index in [0.717, 1.165) is 0 Å². The number of rotatable bonds is 2. The Hall–Kier alpha value is -0.770. The summed E-state index contributed by atoms with van der Waals surface area (Å²) in [6.45, 7) is 1.62. The van der Waals surface area contributed by atoms with E-state index in [1.807, 2.05) is 0 Å². The molecule has 0 aromatic carbocycles. The van der Waals surface area contributed by atoms with Crippen LogP contribution in [0.3, 0.4) is 0 Å². The van der Waals surface area contributed by atoms with E-state index in [0.29, 0.717) is 16.3 Å². The van der Waals surface area contributed by atoms with Gasteiger partial charge >= 0.3 is 0 Å². The molecule has 1 rings (SSSR count). The molecule has 0 spiro atoms. The summed E-state index contributed by atoms with van der Waals surface area (Å²) < 4.78 is 13.6. The minimum Gasteiger partial charge on any atom is -0.303 e. The van der Waals surface area contributed by atoms with Crippen molar-refractivity contribution in [1.82, 2.24) is 4.98 Å². The van der Waals surface area contributed by atoms with E-state index < -0.39 is 11.9 Å². The first-order valence-corrected chi connectivity index (χ1v) is 4.20. The standard InChI is InChI=1S/C8H7BrFNO/c1-5(4-12)7-2-6(9)3-11-8(7)10/h2-5H,1H3. The number of nitrogens with zero attached hydrogens (tertiary/aromatic N) is 1. The lowest BCUT2D eigenvalue weighted by molar-refractivity contribution is -0.108. The maximum atomic E-state index is 12.9. The fourth-order valence-electron chi connectivity index (χ4n) is 0.831. The highest BCUT2D eigenvalue weighted by molar-refractivity contribution is 9.10. The molecule has 1 aromatic heterocycles. The van der Waals surface area contributed by atoms with Gasteiger partial charge in [-0.05, 0) is 22.0 Å². The molecule has 0 radical (unpaired) electrons. The third-order valence-electron chi connectivity index (χ3n) is 1.53. The summed E-state index contributed by atoms with van der Waals surface area (Å²) in [6, 6.07) is 1.56. The van der Waals surface area contributed by atoms with Crippen molar-refractivity contribution in [1.29, 1.82) is 0 Å². The monoisotopic (exact) mass is 231 g/mol. The van der Waals surface area contributed by atoms with Gasteiger partial charge in [0.15, 0.2) is 0 Å². The molecule has 2 nitrogen and oxygen atoms in total. The molecule has 1 atom stereocenters. The number of carbonyl (C=O) groups excluding carboxylic acids is 1. The van der Waals surface area contributed by atoms with Crippen molar-refractivity contribution in [3.05, 3.63) is 28.2 Å². The van der Waals surface area contributed by atoms with Crippen LogP contribution >= 0.6 is 15.9 Å². The van der Waals surface area contributed by atoms with Crippen molar-refractivity contribution >= 4 is 22.2 Å². The van der Waals surface area contributed by atoms with Gasteiger partial charge in [-0.2, -0.15) is 4.39 Å². The zero-order valence-corrected chi connectivity index (χ0v) is 8.01. The fraction of sp³-hybridized carbons (Fsp3) is 0.250. The van der Waals surface area contributed by atoms with Crippen molar-refractivity contribution in [2.75, 3.05) is 0 Å². The van der Waals surface area contributed by atoms with Crippen molar-refractivity contribution in [3.63, 3.8) is 0 Å². The Morgan fingerprint density at radius 3 is 3.00 bits per heavy atom. The van der Waals surface area contributed by atoms with Gasteiger partial charge in [-0.1, -0.05) is 6.92 Å². The van der Waals surface area contributed by atoms with Crippen LogP contribution in [0.2, 0.25) is 0 Å². The van der Waals surface area contributed by atoms with Crippen LogP contribution in [-0.2, 0) is 4.79 Å². The Bertz CT molecular complexity index is 303. The minimum atomic E-state index is -0.585. The second-order valence-corrected chi connectivity index (χ2v) is 3.37. The molecule has 1 aromatic rings. The molecule has 64 valence electrons. The predicted molar refractivity (Wildman–Crippen MR) is 46.4 cm³/mol. The second kappa shape index (κ2) is 3.76. The van der Waals surface area contributed by atoms with Gasteiger partial charge in [0.25, 0.3) is 0 Å². The summed E-state index contributed by atoms with van der Waals surface area (Å²) in [6.07, 6.45) is 2.04. The lowest BCUT2D eigenvalue weighted by atomic mass is 10.1. The van der Waals surface area contributed by atoms with Gasteiger partial charge in [-0.3, -0.25) is 0 Å². The molecule has 0 aliphatic rings. The maximum Gasteiger partial charge on any atom is 0.216 e. The van der Waals surface area contributed by atoms with E-state index in [1.165, 1.54) is 6.20 Å². The average Bonchev–Trinajstić information content (AvgIpc) is 2.08. The lowest BCUT2D eigenvalue weighted by Crippen LogP contribution is -2.00. The molecule has 1 heterocycles. The van der Waals surface area contributed by atoms with E-state index in [4.69, 9.17) is 0 Å². The highest BCUT2D eigenvalue weighted by Crippen LogP contribution is 2.19. The molecule has 0 saturated carbocycles. The summed E-state index contributed by atoms with van der Waals surface area (Å²) in [5.41, 5.74) is 0.319. The first-order valence-electron chi connectivity index (χ1n) is 3.41. The zero-order chi connectivity index (χ0) is 9.14. The quantitative estimate of drug-likeness (QED) is 0.578. The van der Waals surface area contributed by atoms with Crippen LogP contribution in [0, 0.1) is 5.95 Å². The Morgan fingerprint density at radius 1 is 1.75 bits per heavy atom. The third-order valence-corrected chi connectivity index (χ3v) is 1.96. The largest absolute Gasteiger partial charge is 0.303 e. The number of aromatic nitrogens is 1. The summed E-state index contributed by atoms with van der Waals surface area (Å²) >= 11 is 3.15. The van der Waals surface area contributed by atoms with Gasteiger partial charge in [0, 0.05) is 22.2 Å². The number of hydrogen-bond acceptors (Lipinski definition) is 2. The smallest absolute Gasteiger partial charge is 0.216 e. The SMILES string of the molecule is CC(C=O)c1cc(Br)cnc1F. The number of halogens is 2. The van der Waals surface area contributed by atoms with E-state index >= 15 is 0 Å². The summed E-state index contributed by atoms with van der Waals surface area (Å²) in [4.78, 5) is 13.8. The van der Waals surface area contributed by atoms with Crippen molar-refractivity contribution in [2.45, 2.75) is 12.8 Å². The maximum absolute atomic E-state index is 12.9. The molecular weight excluding hydrogens is 225 g/mol. The lowest BCUT2D eigenvalue weighted by Gasteiger charge is -2.04. The van der Waals surface area contributed by atoms with Crippen LogP contribution in [0.25, 0.3) is 0 Å². The van der Waals surface area contributed by atoms with Crippen LogP contribution in [-0.4, -0.2) is 11.3 Å². The Morgan fingerprint density at radius 2 is 2.42 bits per heavy atom. The summed E-state index contributed by atoms with van der Waals surface area (Å²) in [7, 11) is 0. The molecule has 0 amide bonds. The predicted octanol–water partition coefficient (Wildman–Crippen LogP) is 2.29. The van der Waals surface area contributed by atoms with E-state index in [1.54, 1.807) is 13.0 Å². The van der Waals surface area contributed by atoms with Gasteiger partial charge < -0.3 is 4.79 Å². The molecule has 4 heteroatoms. The van der Waals surface area contributed by atoms with Crippen LogP contribution in [0.15, 0.2) is 16.7 Å². The molecule has 0 saturated heterocycles. The molecule has 0 aliphatic carbocycles. The molecule has 0 bridgehead atoms. The first-order chi connectivity index (χ1) is 5.65. The van der Waals surface area contributed by atoms with Crippen LogP contribution in [0.5, 0.6) is 0 Å². The number of aldehydes is 1. The average molecular weight is 232 g/mol. The molecule has 0 aliphatic heterocycles. The summed E-state index contributed by atoms with van der Waals surface area (Å²) in [5.74, 6) is -1.03. The Labute approximate surface area is 77.9 Å². The highest BCUT2D eigenvalue weighted by Gasteiger charge is 2.10. The second-order valence-electron chi connectivity index (χ2n) is 2.46. The topological polar surface area (TPSA) is 30.0 Å². The summed E-state index contributed by atoms with van der Waals surface area (Å²) in [5, 5.41) is 0. The molecule has 0 N–H and O–H groups in total. The van der Waals surface area contributed by atoms with Gasteiger partial charge in [0.05, 0.1) is 0 Å². The van der Waals surface area contributed by atoms with Crippen LogP contribution < -0.4 is 0 Å². The van der Waals surface area contributed by atoms with Gasteiger partial charge in [-0.15, -0.1) is 0 Å². The van der Waals surface area contributed by atoms with Crippen molar-refractivity contribution in [3.8, 4) is 0 Å². The molecule has 0 fully saturated rings. The highest BCUT2D eigenvalue weighted by atomic mass is 79.9. The van der Waals surface area contributed by atoms with Crippen LogP contribution in [0.1, 0.15) is 18.4 Å². The zero-order valence-electron chi connectivity index (χ0n) is 6.42. The van der Waals surface area contributed by atoms with Crippen molar-refractivity contribution in [2.24, 2.45) is 0 Å². The Balaban J connectivity index is 3.12. The third kappa shape index (κ3) is 1.88. The van der Waals surface area contributed by atoms with E-state index in [-0.39, 0.29) is 0 Å². The Kier molecular flexibility index (Phi) is 2.92. The van der Waals surface area contributed by atoms with Crippen LogP contribution in [0.4, 0.5) is 4.39 Å². The van der Waals surface area contributed by atoms with Gasteiger partial charge in [0.1, 0.15) is 6.29 Å². The number of pyridine rings is 1. The fourth-order valence-corrected chi connectivity index (χ4v) is 1.18. The molecular formula is C8H7BrFNO. The normalized spacial score (nSPS) is 12.6. The van der Waals surface area contributed by atoms with Crippen molar-refractivity contribution < 1.29 is 9.18 Å². The van der Waals surface area contributed by atoms with Gasteiger partial charge in [-0.25, -0.2) is 4.98 Å².